The van der Waals surface area contributed by atoms with Gasteiger partial charge in [0.25, 0.3) is 0 Å². The summed E-state index contributed by atoms with van der Waals surface area (Å²) in [4.78, 5) is 16.4. The zero-order valence-electron chi connectivity index (χ0n) is 14.7. The fraction of sp³-hybridized carbons (Fsp3) is 0.471. The maximum absolute atomic E-state index is 12.1. The minimum absolute atomic E-state index is 0.00232. The number of amides is 2. The zero-order chi connectivity index (χ0) is 17.1. The molecule has 0 aliphatic rings. The Kier molecular flexibility index (Phi) is 5.03. The first kappa shape index (κ1) is 17.0. The van der Waals surface area contributed by atoms with Crippen LogP contribution in [0.15, 0.2) is 12.1 Å². The Labute approximate surface area is 137 Å². The van der Waals surface area contributed by atoms with Gasteiger partial charge in [-0.15, -0.1) is 0 Å². The highest BCUT2D eigenvalue weighted by molar-refractivity contribution is 5.88. The molecule has 1 atom stereocenters. The zero-order valence-corrected chi connectivity index (χ0v) is 14.7. The lowest BCUT2D eigenvalue weighted by Crippen LogP contribution is -2.37. The molecule has 0 aromatic carbocycles. The molecule has 0 saturated heterocycles. The van der Waals surface area contributed by atoms with Crippen molar-refractivity contribution >= 4 is 11.8 Å². The number of hydrogen-bond acceptors (Lipinski definition) is 3. The van der Waals surface area contributed by atoms with Crippen molar-refractivity contribution in [2.45, 2.75) is 47.1 Å². The van der Waals surface area contributed by atoms with E-state index in [1.54, 1.807) is 0 Å². The number of anilines is 1. The topological polar surface area (TPSA) is 71.8 Å². The highest BCUT2D eigenvalue weighted by Crippen LogP contribution is 2.14. The van der Waals surface area contributed by atoms with Gasteiger partial charge in [-0.3, -0.25) is 10.00 Å². The van der Waals surface area contributed by atoms with Crippen LogP contribution >= 0.6 is 0 Å². The van der Waals surface area contributed by atoms with Gasteiger partial charge in [0, 0.05) is 24.5 Å². The predicted octanol–water partition coefficient (Wildman–Crippen LogP) is 2.80. The third-order valence-electron chi connectivity index (χ3n) is 3.89. The van der Waals surface area contributed by atoms with Gasteiger partial charge in [-0.05, 0) is 64.3 Å². The van der Waals surface area contributed by atoms with Crippen LogP contribution in [0.2, 0.25) is 0 Å². The lowest BCUT2D eigenvalue weighted by atomic mass is 10.1. The van der Waals surface area contributed by atoms with Crippen molar-refractivity contribution in [3.63, 3.8) is 0 Å². The largest absolute Gasteiger partial charge is 0.335 e. The van der Waals surface area contributed by atoms with E-state index >= 15 is 0 Å². The molecule has 2 N–H and O–H groups in total. The van der Waals surface area contributed by atoms with Crippen molar-refractivity contribution in [1.82, 2.24) is 20.1 Å². The van der Waals surface area contributed by atoms with Crippen LogP contribution < -0.4 is 10.6 Å². The van der Waals surface area contributed by atoms with Crippen LogP contribution in [0.1, 0.15) is 35.1 Å². The van der Waals surface area contributed by atoms with Gasteiger partial charge in [-0.2, -0.15) is 5.10 Å². The first-order chi connectivity index (χ1) is 10.8. The van der Waals surface area contributed by atoms with E-state index in [1.807, 2.05) is 58.5 Å². The van der Waals surface area contributed by atoms with Crippen molar-refractivity contribution in [2.75, 3.05) is 5.32 Å². The van der Waals surface area contributed by atoms with E-state index in [1.165, 1.54) is 5.56 Å². The maximum Gasteiger partial charge on any atom is 0.320 e. The summed E-state index contributed by atoms with van der Waals surface area (Å²) in [6, 6.07) is 3.59. The van der Waals surface area contributed by atoms with E-state index in [0.29, 0.717) is 5.82 Å². The molecule has 124 valence electrons. The second-order valence-corrected chi connectivity index (χ2v) is 6.15. The number of nitrogens with zero attached hydrogens (tertiary/aromatic N) is 3. The smallest absolute Gasteiger partial charge is 0.320 e. The Hall–Kier alpha value is -2.37. The number of aryl methyl sites for hydroxylation is 4. The minimum atomic E-state index is -0.241. The van der Waals surface area contributed by atoms with Crippen LogP contribution in [0, 0.1) is 27.7 Å². The van der Waals surface area contributed by atoms with E-state index in [9.17, 15) is 4.79 Å². The first-order valence-corrected chi connectivity index (χ1v) is 7.78. The van der Waals surface area contributed by atoms with E-state index in [0.717, 1.165) is 29.1 Å². The second-order valence-electron chi connectivity index (χ2n) is 6.15. The molecule has 2 aromatic heterocycles. The molecule has 0 unspecified atom stereocenters. The normalized spacial score (nSPS) is 12.1. The first-order valence-electron chi connectivity index (χ1n) is 7.78. The Morgan fingerprint density at radius 1 is 1.26 bits per heavy atom. The summed E-state index contributed by atoms with van der Waals surface area (Å²) in [5.41, 5.74) is 5.28. The van der Waals surface area contributed by atoms with Gasteiger partial charge in [0.1, 0.15) is 5.82 Å². The average Bonchev–Trinajstić information content (AvgIpc) is 2.63. The molecular weight excluding hydrogens is 290 g/mol. The average molecular weight is 315 g/mol. The van der Waals surface area contributed by atoms with Crippen LogP contribution in [-0.2, 0) is 13.5 Å². The maximum atomic E-state index is 12.1. The van der Waals surface area contributed by atoms with Crippen LogP contribution in [0.5, 0.6) is 0 Å². The molecule has 0 radical (unpaired) electrons. The molecule has 6 nitrogen and oxygen atoms in total. The molecule has 0 spiro atoms. The SMILES string of the molecule is Cc1cc(C)nc(NC(=O)N[C@@H](C)Cc2c(C)nn(C)c2C)c1. The van der Waals surface area contributed by atoms with Gasteiger partial charge in [-0.1, -0.05) is 0 Å². The summed E-state index contributed by atoms with van der Waals surface area (Å²) in [5, 5.41) is 10.2. The van der Waals surface area contributed by atoms with Crippen molar-refractivity contribution in [3.8, 4) is 0 Å². The molecular formula is C17H25N5O. The highest BCUT2D eigenvalue weighted by atomic mass is 16.2. The number of rotatable bonds is 4. The van der Waals surface area contributed by atoms with Gasteiger partial charge in [-0.25, -0.2) is 9.78 Å². The molecule has 2 heterocycles. The number of urea groups is 1. The van der Waals surface area contributed by atoms with Gasteiger partial charge in [0.05, 0.1) is 5.69 Å². The molecule has 0 fully saturated rings. The van der Waals surface area contributed by atoms with Crippen LogP contribution in [0.25, 0.3) is 0 Å². The monoisotopic (exact) mass is 315 g/mol. The van der Waals surface area contributed by atoms with Crippen molar-refractivity contribution in [2.24, 2.45) is 7.05 Å². The summed E-state index contributed by atoms with van der Waals surface area (Å²) in [5.74, 6) is 0.570. The van der Waals surface area contributed by atoms with Gasteiger partial charge in [0.15, 0.2) is 0 Å². The van der Waals surface area contributed by atoms with E-state index < -0.39 is 0 Å². The number of pyridine rings is 1. The van der Waals surface area contributed by atoms with Gasteiger partial charge < -0.3 is 5.32 Å². The van der Waals surface area contributed by atoms with E-state index in [4.69, 9.17) is 0 Å². The van der Waals surface area contributed by atoms with Crippen LogP contribution in [0.3, 0.4) is 0 Å². The molecule has 2 amide bonds. The third kappa shape index (κ3) is 4.31. The molecule has 0 aliphatic heterocycles. The van der Waals surface area contributed by atoms with Crippen LogP contribution in [-0.4, -0.2) is 26.8 Å². The molecule has 2 aromatic rings. The number of aromatic nitrogens is 3. The lowest BCUT2D eigenvalue weighted by Gasteiger charge is -2.15. The van der Waals surface area contributed by atoms with Crippen LogP contribution in [0.4, 0.5) is 10.6 Å². The quantitative estimate of drug-likeness (QED) is 0.911. The number of nitrogens with one attached hydrogen (secondary N) is 2. The van der Waals surface area contributed by atoms with E-state index in [2.05, 4.69) is 20.7 Å². The highest BCUT2D eigenvalue weighted by Gasteiger charge is 2.15. The van der Waals surface area contributed by atoms with Gasteiger partial charge in [0.2, 0.25) is 0 Å². The summed E-state index contributed by atoms with van der Waals surface area (Å²) in [6.07, 6.45) is 0.749. The molecule has 6 heteroatoms. The van der Waals surface area contributed by atoms with E-state index in [-0.39, 0.29) is 12.1 Å². The van der Waals surface area contributed by atoms with Crippen molar-refractivity contribution in [1.29, 1.82) is 0 Å². The molecule has 2 rings (SSSR count). The Balaban J connectivity index is 1.97. The summed E-state index contributed by atoms with van der Waals surface area (Å²) in [7, 11) is 1.93. The minimum Gasteiger partial charge on any atom is -0.335 e. The number of carbonyl (C=O) groups excluding carboxylic acids is 1. The number of hydrogen-bond donors (Lipinski definition) is 2. The third-order valence-corrected chi connectivity index (χ3v) is 3.89. The van der Waals surface area contributed by atoms with Gasteiger partial charge >= 0.3 is 6.03 Å². The van der Waals surface area contributed by atoms with Crippen molar-refractivity contribution in [3.05, 3.63) is 40.3 Å². The Morgan fingerprint density at radius 3 is 2.52 bits per heavy atom. The second kappa shape index (κ2) is 6.81. The number of carbonyl (C=O) groups is 1. The summed E-state index contributed by atoms with van der Waals surface area (Å²) >= 11 is 0. The Morgan fingerprint density at radius 2 is 1.96 bits per heavy atom. The molecule has 0 bridgehead atoms. The Bertz CT molecular complexity index is 700. The standard InChI is InChI=1S/C17H25N5O/c1-10-7-11(2)18-16(8-10)20-17(23)19-12(3)9-15-13(4)21-22(6)14(15)5/h7-8,12H,9H2,1-6H3,(H2,18,19,20,23)/t12-/m0/s1. The molecule has 23 heavy (non-hydrogen) atoms. The molecule has 0 aliphatic carbocycles. The predicted molar refractivity (Wildman–Crippen MR) is 91.7 cm³/mol. The molecule has 0 saturated carbocycles. The van der Waals surface area contributed by atoms with Crippen molar-refractivity contribution < 1.29 is 4.79 Å². The fourth-order valence-electron chi connectivity index (χ4n) is 2.75. The lowest BCUT2D eigenvalue weighted by molar-refractivity contribution is 0.249. The fourth-order valence-corrected chi connectivity index (χ4v) is 2.75. The summed E-state index contributed by atoms with van der Waals surface area (Å²) in [6.45, 7) is 9.91. The summed E-state index contributed by atoms with van der Waals surface area (Å²) < 4.78 is 1.87.